The first-order valence-electron chi connectivity index (χ1n) is 6.31. The molecule has 0 saturated carbocycles. The molecule has 0 atom stereocenters. The van der Waals surface area contributed by atoms with E-state index in [2.05, 4.69) is 5.32 Å². The Kier molecular flexibility index (Phi) is 5.58. The number of nitrogens with zero attached hydrogens (tertiary/aromatic N) is 1. The Labute approximate surface area is 138 Å². The fourth-order valence-electron chi connectivity index (χ4n) is 1.92. The minimum atomic E-state index is -0.165. The van der Waals surface area contributed by atoms with Gasteiger partial charge in [0.2, 0.25) is 0 Å². The van der Waals surface area contributed by atoms with Crippen molar-refractivity contribution in [1.29, 1.82) is 0 Å². The average molecular weight is 345 g/mol. The van der Waals surface area contributed by atoms with Crippen molar-refractivity contribution in [3.63, 3.8) is 0 Å². The van der Waals surface area contributed by atoms with Crippen LogP contribution in [0.1, 0.15) is 12.0 Å². The molecule has 0 radical (unpaired) electrons. The molecule has 1 amide bonds. The topological polar surface area (TPSA) is 41.6 Å². The van der Waals surface area contributed by atoms with Gasteiger partial charge in [0, 0.05) is 30.3 Å². The lowest BCUT2D eigenvalue weighted by Gasteiger charge is -2.12. The molecule has 1 N–H and O–H groups in total. The summed E-state index contributed by atoms with van der Waals surface area (Å²) in [5.41, 5.74) is 1.11. The Bertz CT molecular complexity index is 605. The van der Waals surface area contributed by atoms with Crippen LogP contribution >= 0.6 is 35.4 Å². The first-order valence-corrected chi connectivity index (χ1v) is 7.48. The van der Waals surface area contributed by atoms with Gasteiger partial charge in [-0.3, -0.25) is 9.69 Å². The average Bonchev–Trinajstić information content (AvgIpc) is 2.69. The van der Waals surface area contributed by atoms with Crippen molar-refractivity contribution >= 4 is 52.5 Å². The second kappa shape index (κ2) is 7.22. The van der Waals surface area contributed by atoms with Crippen LogP contribution < -0.4 is 5.32 Å². The van der Waals surface area contributed by atoms with Crippen LogP contribution in [0.2, 0.25) is 10.0 Å². The summed E-state index contributed by atoms with van der Waals surface area (Å²) in [4.78, 5) is 13.8. The number of hydrogen-bond acceptors (Lipinski definition) is 3. The summed E-state index contributed by atoms with van der Waals surface area (Å²) in [5.74, 6) is -0.165. The quantitative estimate of drug-likeness (QED) is 0.506. The van der Waals surface area contributed by atoms with Gasteiger partial charge in [0.05, 0.1) is 0 Å². The summed E-state index contributed by atoms with van der Waals surface area (Å²) in [6, 6.07) is 5.10. The van der Waals surface area contributed by atoms with E-state index in [1.165, 1.54) is 4.90 Å². The predicted octanol–water partition coefficient (Wildman–Crippen LogP) is 3.09. The molecule has 21 heavy (non-hydrogen) atoms. The second-order valence-corrected chi connectivity index (χ2v) is 5.69. The summed E-state index contributed by atoms with van der Waals surface area (Å²) in [6.45, 7) is 1.10. The Hall–Kier alpha value is -1.14. The largest absolute Gasteiger partial charge is 0.385 e. The maximum atomic E-state index is 12.3. The van der Waals surface area contributed by atoms with Gasteiger partial charge < -0.3 is 10.1 Å². The molecular weight excluding hydrogens is 331 g/mol. The number of ether oxygens (including phenoxy) is 1. The molecule has 0 bridgehead atoms. The lowest BCUT2D eigenvalue weighted by molar-refractivity contribution is -0.122. The molecule has 1 heterocycles. The number of carbonyl (C=O) groups is 1. The molecule has 1 fully saturated rings. The SMILES string of the molecule is COCCCN1C(=O)/C(=C\c2ccc(Cl)cc2Cl)NC1=S. The molecule has 0 aromatic heterocycles. The molecule has 0 unspecified atom stereocenters. The van der Waals surface area contributed by atoms with Crippen LogP contribution in [0.4, 0.5) is 0 Å². The molecule has 1 aliphatic heterocycles. The Morgan fingerprint density at radius 2 is 2.19 bits per heavy atom. The van der Waals surface area contributed by atoms with Crippen molar-refractivity contribution < 1.29 is 9.53 Å². The minimum Gasteiger partial charge on any atom is -0.385 e. The smallest absolute Gasteiger partial charge is 0.276 e. The fraction of sp³-hybridized carbons (Fsp3) is 0.286. The highest BCUT2D eigenvalue weighted by molar-refractivity contribution is 7.80. The molecule has 1 saturated heterocycles. The molecule has 1 aromatic carbocycles. The maximum absolute atomic E-state index is 12.3. The van der Waals surface area contributed by atoms with Gasteiger partial charge in [0.15, 0.2) is 5.11 Å². The Morgan fingerprint density at radius 1 is 1.43 bits per heavy atom. The fourth-order valence-corrected chi connectivity index (χ4v) is 2.66. The summed E-state index contributed by atoms with van der Waals surface area (Å²) >= 11 is 17.1. The molecule has 4 nitrogen and oxygen atoms in total. The van der Waals surface area contributed by atoms with Crippen molar-refractivity contribution in [2.75, 3.05) is 20.3 Å². The van der Waals surface area contributed by atoms with Gasteiger partial charge >= 0.3 is 0 Å². The highest BCUT2D eigenvalue weighted by Gasteiger charge is 2.30. The minimum absolute atomic E-state index is 0.165. The van der Waals surface area contributed by atoms with Gasteiger partial charge in [0.1, 0.15) is 5.70 Å². The number of nitrogens with one attached hydrogen (secondary N) is 1. The molecular formula is C14H14Cl2N2O2S. The van der Waals surface area contributed by atoms with E-state index in [0.29, 0.717) is 39.6 Å². The zero-order valence-electron chi connectivity index (χ0n) is 11.4. The standard InChI is InChI=1S/C14H14Cl2N2O2S/c1-20-6-2-5-18-13(19)12(17-14(18)21)7-9-3-4-10(15)8-11(9)16/h3-4,7-8H,2,5-6H2,1H3,(H,17,21)/b12-7+. The lowest BCUT2D eigenvalue weighted by Crippen LogP contribution is -2.32. The van der Waals surface area contributed by atoms with E-state index in [9.17, 15) is 4.79 Å². The Morgan fingerprint density at radius 3 is 2.86 bits per heavy atom. The first-order chi connectivity index (χ1) is 10.0. The third-order valence-electron chi connectivity index (χ3n) is 2.95. The van der Waals surface area contributed by atoms with Crippen LogP contribution in [-0.2, 0) is 9.53 Å². The number of methoxy groups -OCH3 is 1. The molecule has 1 aliphatic rings. The van der Waals surface area contributed by atoms with Crippen LogP contribution in [0.3, 0.4) is 0 Å². The molecule has 1 aromatic rings. The summed E-state index contributed by atoms with van der Waals surface area (Å²) < 4.78 is 4.98. The predicted molar refractivity (Wildman–Crippen MR) is 88.4 cm³/mol. The van der Waals surface area contributed by atoms with E-state index in [0.717, 1.165) is 6.42 Å². The Balaban J connectivity index is 2.16. The van der Waals surface area contributed by atoms with Gasteiger partial charge in [-0.25, -0.2) is 0 Å². The number of hydrogen-bond donors (Lipinski definition) is 1. The molecule has 7 heteroatoms. The highest BCUT2D eigenvalue weighted by atomic mass is 35.5. The number of carbonyl (C=O) groups excluding carboxylic acids is 1. The third-order valence-corrected chi connectivity index (χ3v) is 3.84. The first kappa shape index (κ1) is 16.2. The number of benzene rings is 1. The molecule has 112 valence electrons. The number of rotatable bonds is 5. The molecule has 2 rings (SSSR count). The van der Waals surface area contributed by atoms with Crippen molar-refractivity contribution in [3.8, 4) is 0 Å². The van der Waals surface area contributed by atoms with Gasteiger partial charge in [-0.15, -0.1) is 0 Å². The number of halogens is 2. The second-order valence-electron chi connectivity index (χ2n) is 4.46. The van der Waals surface area contributed by atoms with Gasteiger partial charge in [0.25, 0.3) is 5.91 Å². The number of thiocarbonyl (C=S) groups is 1. The summed E-state index contributed by atoms with van der Waals surface area (Å²) in [5, 5.41) is 4.33. The van der Waals surface area contributed by atoms with Crippen LogP contribution in [0.25, 0.3) is 6.08 Å². The maximum Gasteiger partial charge on any atom is 0.276 e. The van der Waals surface area contributed by atoms with E-state index in [1.807, 2.05) is 0 Å². The van der Waals surface area contributed by atoms with Crippen molar-refractivity contribution in [2.24, 2.45) is 0 Å². The molecule has 0 aliphatic carbocycles. The van der Waals surface area contributed by atoms with E-state index in [4.69, 9.17) is 40.2 Å². The lowest BCUT2D eigenvalue weighted by atomic mass is 10.2. The monoisotopic (exact) mass is 344 g/mol. The van der Waals surface area contributed by atoms with Crippen LogP contribution in [0.5, 0.6) is 0 Å². The van der Waals surface area contributed by atoms with Crippen LogP contribution in [0, 0.1) is 0 Å². The van der Waals surface area contributed by atoms with E-state index in [1.54, 1.807) is 31.4 Å². The van der Waals surface area contributed by atoms with Gasteiger partial charge in [-0.1, -0.05) is 29.3 Å². The normalized spacial score (nSPS) is 16.7. The van der Waals surface area contributed by atoms with Gasteiger partial charge in [-0.2, -0.15) is 0 Å². The van der Waals surface area contributed by atoms with E-state index < -0.39 is 0 Å². The van der Waals surface area contributed by atoms with Crippen molar-refractivity contribution in [2.45, 2.75) is 6.42 Å². The third kappa shape index (κ3) is 3.95. The van der Waals surface area contributed by atoms with E-state index >= 15 is 0 Å². The molecule has 0 spiro atoms. The van der Waals surface area contributed by atoms with E-state index in [-0.39, 0.29) is 5.91 Å². The summed E-state index contributed by atoms with van der Waals surface area (Å²) in [6.07, 6.45) is 2.39. The highest BCUT2D eigenvalue weighted by Crippen LogP contribution is 2.24. The van der Waals surface area contributed by atoms with Gasteiger partial charge in [-0.05, 0) is 42.4 Å². The zero-order valence-corrected chi connectivity index (χ0v) is 13.7. The van der Waals surface area contributed by atoms with Crippen molar-refractivity contribution in [1.82, 2.24) is 10.2 Å². The van der Waals surface area contributed by atoms with Crippen molar-refractivity contribution in [3.05, 3.63) is 39.5 Å². The van der Waals surface area contributed by atoms with Crippen LogP contribution in [0.15, 0.2) is 23.9 Å². The summed E-state index contributed by atoms with van der Waals surface area (Å²) in [7, 11) is 1.62. The number of amides is 1. The zero-order chi connectivity index (χ0) is 15.4. The van der Waals surface area contributed by atoms with Crippen LogP contribution in [-0.4, -0.2) is 36.2 Å².